The molecule has 10 nitrogen and oxygen atoms in total. The molecule has 0 unspecified atom stereocenters. The Kier molecular flexibility index (Phi) is 4.01. The van der Waals surface area contributed by atoms with Gasteiger partial charge in [-0.15, -0.1) is 0 Å². The Morgan fingerprint density at radius 2 is 2.11 bits per heavy atom. The standard InChI is InChI=1S/C17H14N6O4/c18-17(19)22-16-11-3-2-10(23(24)25)7-12(11)20-15(21-16)6-9-1-4-13-14(5-9)27-8-26-13/h1-5,7H,6,8H2,(H4,18,19,20,21,22)/p+1. The second kappa shape index (κ2) is 6.50. The number of quaternary nitrogens is 1. The number of amidine groups is 2. The van der Waals surface area contributed by atoms with Crippen LogP contribution in [0, 0.1) is 15.5 Å². The van der Waals surface area contributed by atoms with Crippen molar-refractivity contribution in [3.8, 4) is 11.5 Å². The summed E-state index contributed by atoms with van der Waals surface area (Å²) < 4.78 is 10.7. The lowest BCUT2D eigenvalue weighted by atomic mass is 10.1. The highest BCUT2D eigenvalue weighted by molar-refractivity contribution is 6.08. The number of benzene rings is 2. The normalized spacial score (nSPS) is 16.0. The van der Waals surface area contributed by atoms with Gasteiger partial charge in [-0.3, -0.25) is 20.8 Å². The van der Waals surface area contributed by atoms with Crippen molar-refractivity contribution in [2.75, 3.05) is 6.79 Å². The number of nitrogens with two attached hydrogens (primary N) is 2. The Balaban J connectivity index is 1.71. The van der Waals surface area contributed by atoms with E-state index in [9.17, 15) is 10.1 Å². The third-order valence-electron chi connectivity index (χ3n) is 4.10. The van der Waals surface area contributed by atoms with Gasteiger partial charge >= 0.3 is 0 Å². The minimum Gasteiger partial charge on any atom is -0.454 e. The maximum Gasteiger partial charge on any atom is 0.271 e. The van der Waals surface area contributed by atoms with Crippen molar-refractivity contribution in [2.45, 2.75) is 6.42 Å². The number of nitro groups is 1. The molecule has 5 N–H and O–H groups in total. The summed E-state index contributed by atoms with van der Waals surface area (Å²) in [5.74, 6) is 2.08. The van der Waals surface area contributed by atoms with Crippen LogP contribution in [0.25, 0.3) is 0 Å². The molecule has 4 rings (SSSR count). The molecule has 0 aliphatic carbocycles. The maximum atomic E-state index is 11.1. The summed E-state index contributed by atoms with van der Waals surface area (Å²) in [5, 5.41) is 20.2. The summed E-state index contributed by atoms with van der Waals surface area (Å²) in [7, 11) is 0. The quantitative estimate of drug-likeness (QED) is 0.317. The first-order valence-corrected chi connectivity index (χ1v) is 8.02. The molecule has 0 saturated carbocycles. The van der Waals surface area contributed by atoms with Crippen molar-refractivity contribution < 1.29 is 19.7 Å². The molecule has 10 heteroatoms. The Labute approximate surface area is 153 Å². The topological polar surface area (TPSA) is 153 Å². The highest BCUT2D eigenvalue weighted by atomic mass is 16.7. The number of non-ortho nitro benzene ring substituents is 1. The van der Waals surface area contributed by atoms with Crippen LogP contribution in [0.4, 0.5) is 11.4 Å². The van der Waals surface area contributed by atoms with E-state index >= 15 is 0 Å². The average molecular weight is 367 g/mol. The number of rotatable bonds is 3. The predicted molar refractivity (Wildman–Crippen MR) is 96.8 cm³/mol. The van der Waals surface area contributed by atoms with Crippen molar-refractivity contribution in [1.29, 1.82) is 5.41 Å². The van der Waals surface area contributed by atoms with Crippen LogP contribution in [-0.2, 0) is 6.42 Å². The lowest BCUT2D eigenvalue weighted by Crippen LogP contribution is -2.93. The number of nitro benzene ring substituents is 1. The lowest BCUT2D eigenvalue weighted by Gasteiger charge is -2.14. The molecular weight excluding hydrogens is 352 g/mol. The van der Waals surface area contributed by atoms with Crippen molar-refractivity contribution in [3.05, 3.63) is 57.6 Å². The van der Waals surface area contributed by atoms with Gasteiger partial charge in [0.15, 0.2) is 11.5 Å². The molecule has 0 bridgehead atoms. The van der Waals surface area contributed by atoms with Gasteiger partial charge in [0.2, 0.25) is 24.4 Å². The van der Waals surface area contributed by atoms with Crippen LogP contribution in [0.3, 0.4) is 0 Å². The Morgan fingerprint density at radius 3 is 2.89 bits per heavy atom. The van der Waals surface area contributed by atoms with Crippen LogP contribution in [-0.4, -0.2) is 29.3 Å². The fraction of sp³-hybridized carbons (Fsp3) is 0.118. The van der Waals surface area contributed by atoms with Crippen LogP contribution in [0.1, 0.15) is 11.1 Å². The van der Waals surface area contributed by atoms with Crippen molar-refractivity contribution in [2.24, 2.45) is 15.7 Å². The molecule has 2 aliphatic rings. The number of aliphatic imine (C=N–C) groups is 2. The SMILES string of the molecule is N=C(N)/N=C1\[NH2+]C(Cc2ccc3c(c2)OCO3)=Nc2cc([N+](=O)[O-])ccc21. The summed E-state index contributed by atoms with van der Waals surface area (Å²) in [4.78, 5) is 19.1. The van der Waals surface area contributed by atoms with Crippen LogP contribution in [0.15, 0.2) is 46.4 Å². The number of nitrogens with one attached hydrogen (secondary N) is 1. The molecule has 0 spiro atoms. The summed E-state index contributed by atoms with van der Waals surface area (Å²) in [6.45, 7) is 0.193. The first kappa shape index (κ1) is 16.7. The molecule has 2 heterocycles. The van der Waals surface area contributed by atoms with E-state index in [4.69, 9.17) is 20.6 Å². The third-order valence-corrected chi connectivity index (χ3v) is 4.10. The summed E-state index contributed by atoms with van der Waals surface area (Å²) >= 11 is 0. The zero-order valence-electron chi connectivity index (χ0n) is 14.0. The highest BCUT2D eigenvalue weighted by Gasteiger charge is 2.26. The Hall–Kier alpha value is -3.79. The fourth-order valence-corrected chi connectivity index (χ4v) is 2.94. The van der Waals surface area contributed by atoms with E-state index in [1.54, 1.807) is 11.4 Å². The van der Waals surface area contributed by atoms with Crippen LogP contribution in [0.2, 0.25) is 0 Å². The number of hydrogen-bond donors (Lipinski definition) is 3. The fourth-order valence-electron chi connectivity index (χ4n) is 2.94. The molecule has 2 aromatic carbocycles. The smallest absolute Gasteiger partial charge is 0.271 e. The van der Waals surface area contributed by atoms with Crippen LogP contribution >= 0.6 is 0 Å². The van der Waals surface area contributed by atoms with Gasteiger partial charge in [-0.1, -0.05) is 6.07 Å². The monoisotopic (exact) mass is 367 g/mol. The molecular formula is C17H15N6O4+. The van der Waals surface area contributed by atoms with Gasteiger partial charge in [0.05, 0.1) is 22.6 Å². The first-order valence-electron chi connectivity index (χ1n) is 8.02. The molecule has 0 amide bonds. The van der Waals surface area contributed by atoms with E-state index in [1.807, 2.05) is 18.2 Å². The largest absolute Gasteiger partial charge is 0.454 e. The van der Waals surface area contributed by atoms with E-state index in [0.717, 1.165) is 5.56 Å². The number of nitrogens with zero attached hydrogens (tertiary/aromatic N) is 3. The van der Waals surface area contributed by atoms with Gasteiger partial charge in [-0.05, 0) is 23.8 Å². The van der Waals surface area contributed by atoms with Gasteiger partial charge in [0, 0.05) is 12.1 Å². The Bertz CT molecular complexity index is 1030. The van der Waals surface area contributed by atoms with E-state index in [-0.39, 0.29) is 18.4 Å². The number of ether oxygens (including phenoxy) is 2. The van der Waals surface area contributed by atoms with Gasteiger partial charge in [0.1, 0.15) is 0 Å². The van der Waals surface area contributed by atoms with Gasteiger partial charge < -0.3 is 15.2 Å². The van der Waals surface area contributed by atoms with Gasteiger partial charge in [-0.25, -0.2) is 0 Å². The molecule has 27 heavy (non-hydrogen) atoms. The molecule has 0 aromatic heterocycles. The number of guanidine groups is 1. The summed E-state index contributed by atoms with van der Waals surface area (Å²) in [6, 6.07) is 9.91. The molecule has 2 aromatic rings. The average Bonchev–Trinajstić information content (AvgIpc) is 3.08. The molecule has 0 atom stereocenters. The minimum atomic E-state index is -0.479. The van der Waals surface area contributed by atoms with Crippen molar-refractivity contribution in [3.63, 3.8) is 0 Å². The van der Waals surface area contributed by atoms with Gasteiger partial charge in [0.25, 0.3) is 5.69 Å². The number of hydrogen-bond acceptors (Lipinski definition) is 6. The molecule has 0 radical (unpaired) electrons. The summed E-state index contributed by atoms with van der Waals surface area (Å²) in [5.41, 5.74) is 7.29. The lowest BCUT2D eigenvalue weighted by molar-refractivity contribution is -0.410. The van der Waals surface area contributed by atoms with E-state index in [1.165, 1.54) is 12.1 Å². The molecule has 136 valence electrons. The van der Waals surface area contributed by atoms with E-state index in [2.05, 4.69) is 9.98 Å². The molecule has 0 fully saturated rings. The first-order chi connectivity index (χ1) is 13.0. The van der Waals surface area contributed by atoms with E-state index in [0.29, 0.717) is 40.8 Å². The van der Waals surface area contributed by atoms with Gasteiger partial charge in [-0.2, -0.15) is 9.98 Å². The zero-order valence-corrected chi connectivity index (χ0v) is 14.0. The zero-order chi connectivity index (χ0) is 19.0. The van der Waals surface area contributed by atoms with Crippen molar-refractivity contribution in [1.82, 2.24) is 0 Å². The maximum absolute atomic E-state index is 11.1. The second-order valence-electron chi connectivity index (χ2n) is 5.95. The minimum absolute atomic E-state index is 0.0657. The second-order valence-corrected chi connectivity index (χ2v) is 5.95. The number of fused-ring (bicyclic) bond motifs is 2. The van der Waals surface area contributed by atoms with Crippen LogP contribution in [0.5, 0.6) is 11.5 Å². The van der Waals surface area contributed by atoms with Crippen LogP contribution < -0.4 is 20.5 Å². The molecule has 0 saturated heterocycles. The molecule has 2 aliphatic heterocycles. The predicted octanol–water partition coefficient (Wildman–Crippen LogP) is 0.813. The summed E-state index contributed by atoms with van der Waals surface area (Å²) in [6.07, 6.45) is 0.454. The van der Waals surface area contributed by atoms with Crippen molar-refractivity contribution >= 4 is 29.0 Å². The van der Waals surface area contributed by atoms with E-state index < -0.39 is 4.92 Å². The third kappa shape index (κ3) is 3.33. The Morgan fingerprint density at radius 1 is 1.30 bits per heavy atom. The highest BCUT2D eigenvalue weighted by Crippen LogP contribution is 2.33.